The van der Waals surface area contributed by atoms with Gasteiger partial charge in [-0.1, -0.05) is 87.5 Å². The lowest BCUT2D eigenvalue weighted by Crippen LogP contribution is -2.55. The number of carbonyl (C=O) groups is 3. The van der Waals surface area contributed by atoms with Crippen LogP contribution < -0.4 is 4.90 Å². The summed E-state index contributed by atoms with van der Waals surface area (Å²) in [6, 6.07) is 23.7. The van der Waals surface area contributed by atoms with Crippen LogP contribution in [0, 0.1) is 0 Å². The number of benzene rings is 3. The highest BCUT2D eigenvalue weighted by atomic mass is 16.2. The number of piperazine rings is 1. The van der Waals surface area contributed by atoms with E-state index in [1.165, 1.54) is 4.90 Å². The van der Waals surface area contributed by atoms with E-state index in [0.717, 1.165) is 22.0 Å². The average molecular weight is 534 g/mol. The molecule has 40 heavy (non-hydrogen) atoms. The first-order valence-corrected chi connectivity index (χ1v) is 13.8. The van der Waals surface area contributed by atoms with E-state index in [2.05, 4.69) is 20.8 Å². The number of nitrogens with zero attached hydrogens (tertiary/aromatic N) is 5. The molecule has 3 atom stereocenters. The molecule has 0 N–H and O–H groups in total. The number of hydrogen-bond acceptors (Lipinski definition) is 4. The summed E-state index contributed by atoms with van der Waals surface area (Å²) in [6.07, 6.45) is 0.607. The molecule has 3 aliphatic rings. The lowest BCUT2D eigenvalue weighted by Gasteiger charge is -2.34. The number of amides is 4. The Kier molecular flexibility index (Phi) is 5.39. The van der Waals surface area contributed by atoms with Gasteiger partial charge in [0, 0.05) is 17.3 Å². The first kappa shape index (κ1) is 24.6. The van der Waals surface area contributed by atoms with Crippen molar-refractivity contribution in [1.82, 2.24) is 19.6 Å². The minimum Gasteiger partial charge on any atom is -0.330 e. The number of anilines is 1. The Morgan fingerprint density at radius 1 is 0.950 bits per heavy atom. The predicted molar refractivity (Wildman–Crippen MR) is 152 cm³/mol. The van der Waals surface area contributed by atoms with E-state index < -0.39 is 6.04 Å². The zero-order chi connectivity index (χ0) is 27.8. The second kappa shape index (κ2) is 8.78. The van der Waals surface area contributed by atoms with E-state index in [0.29, 0.717) is 30.9 Å². The second-order valence-corrected chi connectivity index (χ2v) is 12.0. The third-order valence-corrected chi connectivity index (χ3v) is 8.48. The molecule has 2 bridgehead atoms. The molecule has 0 aliphatic carbocycles. The van der Waals surface area contributed by atoms with E-state index >= 15 is 0 Å². The van der Waals surface area contributed by atoms with Gasteiger partial charge in [-0.05, 0) is 29.5 Å². The summed E-state index contributed by atoms with van der Waals surface area (Å²) in [5.41, 5.74) is 2.76. The highest BCUT2D eigenvalue weighted by molar-refractivity contribution is 6.25. The van der Waals surface area contributed by atoms with Crippen molar-refractivity contribution in [2.45, 2.75) is 57.3 Å². The van der Waals surface area contributed by atoms with Crippen molar-refractivity contribution in [2.75, 3.05) is 11.4 Å². The molecule has 202 valence electrons. The number of urea groups is 1. The fourth-order valence-electron chi connectivity index (χ4n) is 6.50. The third-order valence-electron chi connectivity index (χ3n) is 8.48. The lowest BCUT2D eigenvalue weighted by atomic mass is 9.92. The number of fused-ring (bicyclic) bond motifs is 6. The number of aromatic nitrogens is 2. The van der Waals surface area contributed by atoms with E-state index in [-0.39, 0.29) is 35.3 Å². The predicted octanol–water partition coefficient (Wildman–Crippen LogP) is 4.82. The molecular formula is C32H31N5O3. The summed E-state index contributed by atoms with van der Waals surface area (Å²) in [6.45, 7) is 7.12. The minimum absolute atomic E-state index is 0.144. The van der Waals surface area contributed by atoms with E-state index in [1.807, 2.05) is 78.9 Å². The van der Waals surface area contributed by atoms with E-state index in [9.17, 15) is 14.4 Å². The van der Waals surface area contributed by atoms with Crippen LogP contribution in [0.4, 0.5) is 10.5 Å². The van der Waals surface area contributed by atoms with Crippen molar-refractivity contribution < 1.29 is 14.4 Å². The summed E-state index contributed by atoms with van der Waals surface area (Å²) >= 11 is 0. The highest BCUT2D eigenvalue weighted by Crippen LogP contribution is 2.44. The molecule has 1 aromatic heterocycles. The Bertz CT molecular complexity index is 1670. The Morgan fingerprint density at radius 3 is 2.45 bits per heavy atom. The Hall–Kier alpha value is -4.46. The first-order chi connectivity index (χ1) is 19.2. The summed E-state index contributed by atoms with van der Waals surface area (Å²) < 4.78 is 1.78. The quantitative estimate of drug-likeness (QED) is 0.353. The molecule has 4 aromatic rings. The fraction of sp³-hybridized carbons (Fsp3) is 0.312. The number of imide groups is 1. The van der Waals surface area contributed by atoms with Gasteiger partial charge in [-0.15, -0.1) is 0 Å². The van der Waals surface area contributed by atoms with Gasteiger partial charge in [0.15, 0.2) is 0 Å². The molecule has 3 aromatic carbocycles. The Balaban J connectivity index is 1.21. The molecule has 0 unspecified atom stereocenters. The largest absolute Gasteiger partial charge is 0.332 e. The maximum absolute atomic E-state index is 14.1. The van der Waals surface area contributed by atoms with Crippen molar-refractivity contribution in [3.8, 4) is 0 Å². The topological polar surface area (TPSA) is 78.8 Å². The van der Waals surface area contributed by atoms with Crippen molar-refractivity contribution in [2.24, 2.45) is 0 Å². The van der Waals surface area contributed by atoms with Gasteiger partial charge in [-0.2, -0.15) is 5.10 Å². The zero-order valence-corrected chi connectivity index (χ0v) is 22.8. The molecule has 3 aliphatic heterocycles. The number of rotatable bonds is 4. The molecule has 0 radical (unpaired) electrons. The normalized spacial score (nSPS) is 22.1. The van der Waals surface area contributed by atoms with Gasteiger partial charge in [-0.25, -0.2) is 9.69 Å². The van der Waals surface area contributed by atoms with Crippen molar-refractivity contribution in [1.29, 1.82) is 0 Å². The maximum atomic E-state index is 14.1. The highest BCUT2D eigenvalue weighted by Gasteiger charge is 2.63. The van der Waals surface area contributed by atoms with Crippen LogP contribution in [0.3, 0.4) is 0 Å². The molecule has 4 amide bonds. The number of likely N-dealkylation sites (tertiary alicyclic amines) is 1. The minimum atomic E-state index is -0.679. The fourth-order valence-corrected chi connectivity index (χ4v) is 6.50. The molecular weight excluding hydrogens is 502 g/mol. The summed E-state index contributed by atoms with van der Waals surface area (Å²) in [4.78, 5) is 46.5. The monoisotopic (exact) mass is 533 g/mol. The molecule has 8 heteroatoms. The van der Waals surface area contributed by atoms with E-state index in [1.54, 1.807) is 14.5 Å². The van der Waals surface area contributed by atoms with Crippen LogP contribution in [-0.4, -0.2) is 62.1 Å². The van der Waals surface area contributed by atoms with Gasteiger partial charge in [0.1, 0.15) is 11.7 Å². The van der Waals surface area contributed by atoms with Gasteiger partial charge in [0.05, 0.1) is 30.0 Å². The van der Waals surface area contributed by atoms with Gasteiger partial charge in [0.25, 0.3) is 11.8 Å². The standard InChI is InChI=1S/C32H31N5O3/c1-32(2,3)27-17-26(35(33-27)18-20-10-5-4-6-11-20)29(38)34-19-22-16-25(34)28-30(39)37(31(40)36(22)28)24-15-9-13-21-12-7-8-14-23(21)24/h4-15,17,22,25,28H,16,18-19H2,1-3H3/t22-,25+,28+/m0/s1. The van der Waals surface area contributed by atoms with Gasteiger partial charge >= 0.3 is 6.03 Å². The van der Waals surface area contributed by atoms with Crippen molar-refractivity contribution >= 4 is 34.3 Å². The molecule has 3 saturated heterocycles. The molecule has 4 heterocycles. The van der Waals surface area contributed by atoms with E-state index in [4.69, 9.17) is 5.10 Å². The molecule has 7 rings (SSSR count). The maximum Gasteiger partial charge on any atom is 0.332 e. The summed E-state index contributed by atoms with van der Waals surface area (Å²) in [5.74, 6) is -0.408. The van der Waals surface area contributed by atoms with Crippen LogP contribution in [0.15, 0.2) is 78.9 Å². The summed E-state index contributed by atoms with van der Waals surface area (Å²) in [5, 5.41) is 6.66. The number of carbonyl (C=O) groups excluding carboxylic acids is 3. The van der Waals surface area contributed by atoms with Crippen LogP contribution in [0.1, 0.15) is 48.9 Å². The van der Waals surface area contributed by atoms with Crippen LogP contribution in [0.2, 0.25) is 0 Å². The van der Waals surface area contributed by atoms with Crippen LogP contribution in [-0.2, 0) is 16.8 Å². The van der Waals surface area contributed by atoms with Gasteiger partial charge < -0.3 is 9.80 Å². The number of hydrogen-bond donors (Lipinski definition) is 0. The summed E-state index contributed by atoms with van der Waals surface area (Å²) in [7, 11) is 0. The molecule has 0 saturated carbocycles. The van der Waals surface area contributed by atoms with Crippen molar-refractivity contribution in [3.63, 3.8) is 0 Å². The average Bonchev–Trinajstić information content (AvgIpc) is 3.71. The van der Waals surface area contributed by atoms with Gasteiger partial charge in [0.2, 0.25) is 0 Å². The Labute approximate surface area is 232 Å². The third kappa shape index (κ3) is 3.66. The molecule has 8 nitrogen and oxygen atoms in total. The zero-order valence-electron chi connectivity index (χ0n) is 22.8. The first-order valence-electron chi connectivity index (χ1n) is 13.8. The van der Waals surface area contributed by atoms with Crippen LogP contribution in [0.5, 0.6) is 0 Å². The molecule has 3 fully saturated rings. The van der Waals surface area contributed by atoms with Gasteiger partial charge in [-0.3, -0.25) is 14.3 Å². The van der Waals surface area contributed by atoms with Crippen LogP contribution >= 0.6 is 0 Å². The van der Waals surface area contributed by atoms with Crippen molar-refractivity contribution in [3.05, 3.63) is 95.8 Å². The smallest absolute Gasteiger partial charge is 0.330 e. The second-order valence-electron chi connectivity index (χ2n) is 12.0. The SMILES string of the molecule is CC(C)(C)c1cc(C(=O)N2C[C@@H]3C[C@@H]2[C@@H]2C(=O)N(c4cccc5ccccc45)C(=O)N32)n(Cc2ccccc2)n1. The lowest BCUT2D eigenvalue weighted by molar-refractivity contribution is -0.121. The molecule has 0 spiro atoms. The van der Waals surface area contributed by atoms with Crippen LogP contribution in [0.25, 0.3) is 10.8 Å². The Morgan fingerprint density at radius 2 is 1.68 bits per heavy atom.